The topological polar surface area (TPSA) is 64.7 Å². The van der Waals surface area contributed by atoms with Crippen molar-refractivity contribution in [2.45, 2.75) is 19.4 Å². The predicted molar refractivity (Wildman–Crippen MR) is 71.1 cm³/mol. The van der Waals surface area contributed by atoms with Crippen LogP contribution in [0.1, 0.15) is 19.4 Å². The third-order valence-electron chi connectivity index (χ3n) is 2.54. The summed E-state index contributed by atoms with van der Waals surface area (Å²) in [7, 11) is 1.80. The Balaban J connectivity index is 2.11. The Kier molecular flexibility index (Phi) is 3.81. The van der Waals surface area contributed by atoms with Gasteiger partial charge in [-0.25, -0.2) is 0 Å². The van der Waals surface area contributed by atoms with E-state index >= 15 is 0 Å². The number of halogens is 1. The molecule has 6 nitrogen and oxygen atoms in total. The van der Waals surface area contributed by atoms with Gasteiger partial charge in [0.05, 0.1) is 10.7 Å². The molecular formula is C11H14BrN5O. The number of hydrogen-bond acceptors (Lipinski definition) is 3. The molecule has 1 N–H and O–H groups in total. The third kappa shape index (κ3) is 2.79. The molecular weight excluding hydrogens is 298 g/mol. The highest BCUT2D eigenvalue weighted by atomic mass is 79.9. The Morgan fingerprint density at radius 3 is 2.89 bits per heavy atom. The van der Waals surface area contributed by atoms with Crippen molar-refractivity contribution in [3.05, 3.63) is 29.1 Å². The molecule has 0 radical (unpaired) electrons. The molecule has 1 unspecified atom stereocenters. The van der Waals surface area contributed by atoms with Crippen molar-refractivity contribution >= 4 is 27.7 Å². The van der Waals surface area contributed by atoms with E-state index in [-0.39, 0.29) is 11.9 Å². The number of aromatic nitrogens is 4. The highest BCUT2D eigenvalue weighted by molar-refractivity contribution is 9.10. The Labute approximate surface area is 113 Å². The van der Waals surface area contributed by atoms with Gasteiger partial charge in [0.15, 0.2) is 5.82 Å². The van der Waals surface area contributed by atoms with Crippen LogP contribution in [0.3, 0.4) is 0 Å². The zero-order valence-corrected chi connectivity index (χ0v) is 11.8. The van der Waals surface area contributed by atoms with Gasteiger partial charge >= 0.3 is 0 Å². The second kappa shape index (κ2) is 5.34. The summed E-state index contributed by atoms with van der Waals surface area (Å²) in [5.74, 6) is 0.430. The standard InChI is InChI=1S/C11H14BrN5O/c1-3-9(17-7-8(12)6-13-17)11(18)14-10-4-5-16(2)15-10/h4-7,9H,3H2,1-2H3,(H,14,15,18). The zero-order valence-electron chi connectivity index (χ0n) is 10.2. The Bertz CT molecular complexity index is 547. The second-order valence-electron chi connectivity index (χ2n) is 3.93. The number of rotatable bonds is 4. The predicted octanol–water partition coefficient (Wildman–Crippen LogP) is 1.97. The number of amides is 1. The molecule has 7 heteroatoms. The first kappa shape index (κ1) is 12.8. The van der Waals surface area contributed by atoms with Crippen molar-refractivity contribution in [1.29, 1.82) is 0 Å². The average Bonchev–Trinajstić information content (AvgIpc) is 2.89. The van der Waals surface area contributed by atoms with Crippen LogP contribution in [0.25, 0.3) is 0 Å². The van der Waals surface area contributed by atoms with Gasteiger partial charge in [-0.15, -0.1) is 0 Å². The van der Waals surface area contributed by atoms with Crippen LogP contribution >= 0.6 is 15.9 Å². The van der Waals surface area contributed by atoms with Gasteiger partial charge in [0.25, 0.3) is 0 Å². The molecule has 2 heterocycles. The molecule has 2 rings (SSSR count). The van der Waals surface area contributed by atoms with E-state index < -0.39 is 0 Å². The molecule has 0 saturated heterocycles. The van der Waals surface area contributed by atoms with Gasteiger partial charge in [-0.05, 0) is 22.4 Å². The first-order valence-electron chi connectivity index (χ1n) is 5.60. The van der Waals surface area contributed by atoms with Crippen molar-refractivity contribution in [3.63, 3.8) is 0 Å². The largest absolute Gasteiger partial charge is 0.307 e. The normalized spacial score (nSPS) is 12.4. The Morgan fingerprint density at radius 2 is 2.39 bits per heavy atom. The number of carbonyl (C=O) groups excluding carboxylic acids is 1. The van der Waals surface area contributed by atoms with E-state index in [1.54, 1.807) is 41.1 Å². The van der Waals surface area contributed by atoms with Gasteiger partial charge in [-0.3, -0.25) is 14.2 Å². The molecule has 18 heavy (non-hydrogen) atoms. The van der Waals surface area contributed by atoms with E-state index in [0.29, 0.717) is 12.2 Å². The third-order valence-corrected chi connectivity index (χ3v) is 2.95. The van der Waals surface area contributed by atoms with Crippen LogP contribution in [-0.2, 0) is 11.8 Å². The lowest BCUT2D eigenvalue weighted by atomic mass is 10.2. The van der Waals surface area contributed by atoms with E-state index in [4.69, 9.17) is 0 Å². The average molecular weight is 312 g/mol. The Morgan fingerprint density at radius 1 is 1.61 bits per heavy atom. The quantitative estimate of drug-likeness (QED) is 0.939. The molecule has 1 amide bonds. The van der Waals surface area contributed by atoms with Crippen LogP contribution in [0.4, 0.5) is 5.82 Å². The number of nitrogens with one attached hydrogen (secondary N) is 1. The van der Waals surface area contributed by atoms with Gasteiger partial charge in [0.2, 0.25) is 5.91 Å². The summed E-state index contributed by atoms with van der Waals surface area (Å²) in [6, 6.07) is 1.42. The minimum atomic E-state index is -0.335. The summed E-state index contributed by atoms with van der Waals surface area (Å²) < 4.78 is 4.13. The van der Waals surface area contributed by atoms with Gasteiger partial charge in [0, 0.05) is 25.5 Å². The molecule has 0 aromatic carbocycles. The number of aryl methyl sites for hydroxylation is 1. The van der Waals surface area contributed by atoms with Crippen molar-refractivity contribution in [2.24, 2.45) is 7.05 Å². The van der Waals surface area contributed by atoms with Gasteiger partial charge in [-0.1, -0.05) is 6.92 Å². The molecule has 2 aromatic heterocycles. The number of hydrogen-bond donors (Lipinski definition) is 1. The number of carbonyl (C=O) groups is 1. The van der Waals surface area contributed by atoms with Crippen LogP contribution in [0, 0.1) is 0 Å². The van der Waals surface area contributed by atoms with Crippen molar-refractivity contribution in [2.75, 3.05) is 5.32 Å². The lowest BCUT2D eigenvalue weighted by Gasteiger charge is -2.14. The minimum absolute atomic E-state index is 0.119. The highest BCUT2D eigenvalue weighted by Gasteiger charge is 2.19. The maximum Gasteiger partial charge on any atom is 0.250 e. The minimum Gasteiger partial charge on any atom is -0.307 e. The fraction of sp³-hybridized carbons (Fsp3) is 0.364. The van der Waals surface area contributed by atoms with E-state index in [9.17, 15) is 4.79 Å². The Hall–Kier alpha value is -1.63. The van der Waals surface area contributed by atoms with E-state index in [0.717, 1.165) is 4.47 Å². The first-order chi connectivity index (χ1) is 8.60. The van der Waals surface area contributed by atoms with Crippen LogP contribution in [0.5, 0.6) is 0 Å². The summed E-state index contributed by atoms with van der Waals surface area (Å²) in [6.07, 6.45) is 5.89. The summed E-state index contributed by atoms with van der Waals surface area (Å²) in [4.78, 5) is 12.1. The fourth-order valence-corrected chi connectivity index (χ4v) is 1.97. The maximum absolute atomic E-state index is 12.1. The molecule has 0 fully saturated rings. The molecule has 0 aliphatic rings. The van der Waals surface area contributed by atoms with Crippen molar-refractivity contribution < 1.29 is 4.79 Å². The van der Waals surface area contributed by atoms with Gasteiger partial charge in [-0.2, -0.15) is 10.2 Å². The molecule has 0 bridgehead atoms. The SMILES string of the molecule is CCC(C(=O)Nc1ccn(C)n1)n1cc(Br)cn1. The summed E-state index contributed by atoms with van der Waals surface area (Å²) in [6.45, 7) is 1.94. The van der Waals surface area contributed by atoms with Crippen LogP contribution < -0.4 is 5.32 Å². The summed E-state index contributed by atoms with van der Waals surface area (Å²) in [5, 5.41) is 11.0. The summed E-state index contributed by atoms with van der Waals surface area (Å²) >= 11 is 3.32. The van der Waals surface area contributed by atoms with Crippen LogP contribution in [-0.4, -0.2) is 25.5 Å². The monoisotopic (exact) mass is 311 g/mol. The lowest BCUT2D eigenvalue weighted by Crippen LogP contribution is -2.26. The maximum atomic E-state index is 12.1. The van der Waals surface area contributed by atoms with Crippen molar-refractivity contribution in [3.8, 4) is 0 Å². The molecule has 2 aromatic rings. The summed E-state index contributed by atoms with van der Waals surface area (Å²) in [5.41, 5.74) is 0. The van der Waals surface area contributed by atoms with Gasteiger partial charge in [0.1, 0.15) is 6.04 Å². The molecule has 96 valence electrons. The van der Waals surface area contributed by atoms with Crippen molar-refractivity contribution in [1.82, 2.24) is 19.6 Å². The van der Waals surface area contributed by atoms with Crippen LogP contribution in [0.2, 0.25) is 0 Å². The van der Waals surface area contributed by atoms with E-state index in [2.05, 4.69) is 31.4 Å². The highest BCUT2D eigenvalue weighted by Crippen LogP contribution is 2.16. The molecule has 0 saturated carbocycles. The smallest absolute Gasteiger partial charge is 0.250 e. The number of nitrogens with zero attached hydrogens (tertiary/aromatic N) is 4. The van der Waals surface area contributed by atoms with Gasteiger partial charge < -0.3 is 5.32 Å². The van der Waals surface area contributed by atoms with E-state index in [1.807, 2.05) is 6.92 Å². The zero-order chi connectivity index (χ0) is 13.1. The number of anilines is 1. The lowest BCUT2D eigenvalue weighted by molar-refractivity contribution is -0.119. The molecule has 1 atom stereocenters. The first-order valence-corrected chi connectivity index (χ1v) is 6.39. The molecule has 0 aliphatic carbocycles. The second-order valence-corrected chi connectivity index (χ2v) is 4.84. The van der Waals surface area contributed by atoms with Crippen LogP contribution in [0.15, 0.2) is 29.1 Å². The fourth-order valence-electron chi connectivity index (χ4n) is 1.67. The molecule has 0 spiro atoms. The molecule has 0 aliphatic heterocycles. The van der Waals surface area contributed by atoms with E-state index in [1.165, 1.54) is 0 Å².